The maximum Gasteiger partial charge on any atom is 0.251 e. The van der Waals surface area contributed by atoms with E-state index in [2.05, 4.69) is 22.3 Å². The number of ether oxygens (including phenoxy) is 3. The number of carbonyl (C=O) groups excluding carboxylic acids is 1. The molecule has 0 bridgehead atoms. The highest BCUT2D eigenvalue weighted by Gasteiger charge is 2.25. The average molecular weight is 461 g/mol. The summed E-state index contributed by atoms with van der Waals surface area (Å²) in [6.07, 6.45) is 0.715. The number of morpholine rings is 1. The van der Waals surface area contributed by atoms with Crippen LogP contribution in [0.15, 0.2) is 72.8 Å². The number of nitrogens with zero attached hydrogens (tertiary/aromatic N) is 1. The second-order valence-corrected chi connectivity index (χ2v) is 8.31. The van der Waals surface area contributed by atoms with E-state index in [1.807, 2.05) is 60.7 Å². The van der Waals surface area contributed by atoms with Gasteiger partial charge in [0, 0.05) is 25.2 Å². The van der Waals surface area contributed by atoms with Crippen LogP contribution in [0.4, 0.5) is 0 Å². The Balaban J connectivity index is 1.53. The van der Waals surface area contributed by atoms with Crippen LogP contribution in [-0.2, 0) is 11.2 Å². The van der Waals surface area contributed by atoms with Gasteiger partial charge in [0.05, 0.1) is 33.5 Å². The zero-order chi connectivity index (χ0) is 23.8. The summed E-state index contributed by atoms with van der Waals surface area (Å²) in [5.41, 5.74) is 3.97. The predicted molar refractivity (Wildman–Crippen MR) is 133 cm³/mol. The van der Waals surface area contributed by atoms with Crippen LogP contribution in [0.1, 0.15) is 33.1 Å². The number of rotatable bonds is 9. The van der Waals surface area contributed by atoms with E-state index in [1.165, 1.54) is 5.56 Å². The Labute approximate surface area is 201 Å². The van der Waals surface area contributed by atoms with Gasteiger partial charge in [-0.05, 0) is 41.3 Å². The first-order valence-corrected chi connectivity index (χ1v) is 11.6. The Hall–Kier alpha value is -3.35. The molecule has 1 aliphatic rings. The van der Waals surface area contributed by atoms with Gasteiger partial charge >= 0.3 is 0 Å². The van der Waals surface area contributed by atoms with Crippen molar-refractivity contribution in [1.29, 1.82) is 0 Å². The quantitative estimate of drug-likeness (QED) is 0.521. The van der Waals surface area contributed by atoms with Gasteiger partial charge in [0.1, 0.15) is 0 Å². The van der Waals surface area contributed by atoms with Gasteiger partial charge in [0.2, 0.25) is 0 Å². The van der Waals surface area contributed by atoms with Crippen LogP contribution in [0.3, 0.4) is 0 Å². The predicted octanol–water partition coefficient (Wildman–Crippen LogP) is 4.10. The van der Waals surface area contributed by atoms with Gasteiger partial charge in [-0.15, -0.1) is 0 Å². The molecule has 0 radical (unpaired) electrons. The molecular formula is C28H32N2O4. The third-order valence-electron chi connectivity index (χ3n) is 6.23. The minimum Gasteiger partial charge on any atom is -0.493 e. The highest BCUT2D eigenvalue weighted by Crippen LogP contribution is 2.32. The molecular weight excluding hydrogens is 428 g/mol. The summed E-state index contributed by atoms with van der Waals surface area (Å²) >= 11 is 0. The van der Waals surface area contributed by atoms with Crippen LogP contribution in [0, 0.1) is 0 Å². The molecule has 1 unspecified atom stereocenters. The molecule has 178 valence electrons. The lowest BCUT2D eigenvalue weighted by molar-refractivity contribution is 0.0162. The van der Waals surface area contributed by atoms with E-state index in [9.17, 15) is 4.79 Å². The molecule has 1 atom stereocenters. The lowest BCUT2D eigenvalue weighted by Gasteiger charge is -2.35. The molecule has 4 rings (SSSR count). The molecule has 0 spiro atoms. The zero-order valence-electron chi connectivity index (χ0n) is 19.8. The topological polar surface area (TPSA) is 60.0 Å². The summed E-state index contributed by atoms with van der Waals surface area (Å²) in [7, 11) is 3.26. The second-order valence-electron chi connectivity index (χ2n) is 8.31. The summed E-state index contributed by atoms with van der Waals surface area (Å²) in [4.78, 5) is 15.6. The lowest BCUT2D eigenvalue weighted by atomic mass is 9.99. The molecule has 6 nitrogen and oxygen atoms in total. The second kappa shape index (κ2) is 11.7. The Morgan fingerprint density at radius 3 is 2.38 bits per heavy atom. The molecule has 1 amide bonds. The van der Waals surface area contributed by atoms with E-state index in [4.69, 9.17) is 14.2 Å². The van der Waals surface area contributed by atoms with Gasteiger partial charge in [-0.3, -0.25) is 9.69 Å². The van der Waals surface area contributed by atoms with Gasteiger partial charge < -0.3 is 19.5 Å². The van der Waals surface area contributed by atoms with Crippen LogP contribution >= 0.6 is 0 Å². The Kier molecular flexibility index (Phi) is 8.17. The van der Waals surface area contributed by atoms with Crippen LogP contribution in [-0.4, -0.2) is 57.9 Å². The number of amides is 1. The molecule has 0 aromatic heterocycles. The number of benzene rings is 3. The molecule has 1 N–H and O–H groups in total. The summed E-state index contributed by atoms with van der Waals surface area (Å²) in [5, 5.41) is 3.19. The Morgan fingerprint density at radius 1 is 0.941 bits per heavy atom. The molecule has 1 aliphatic heterocycles. The van der Waals surface area contributed by atoms with E-state index >= 15 is 0 Å². The fourth-order valence-electron chi connectivity index (χ4n) is 4.40. The smallest absolute Gasteiger partial charge is 0.251 e. The number of methoxy groups -OCH3 is 2. The van der Waals surface area contributed by atoms with Gasteiger partial charge in [0.15, 0.2) is 11.5 Å². The number of nitrogens with one attached hydrogen (secondary N) is 1. The highest BCUT2D eigenvalue weighted by atomic mass is 16.5. The van der Waals surface area contributed by atoms with Crippen molar-refractivity contribution >= 4 is 5.91 Å². The first-order valence-electron chi connectivity index (χ1n) is 11.6. The molecule has 0 aliphatic carbocycles. The van der Waals surface area contributed by atoms with Crippen molar-refractivity contribution in [3.63, 3.8) is 0 Å². The molecule has 1 heterocycles. The van der Waals surface area contributed by atoms with Gasteiger partial charge in [-0.25, -0.2) is 0 Å². The fourth-order valence-corrected chi connectivity index (χ4v) is 4.40. The van der Waals surface area contributed by atoms with Crippen molar-refractivity contribution in [2.75, 3.05) is 47.1 Å². The van der Waals surface area contributed by atoms with Gasteiger partial charge in [0.25, 0.3) is 5.91 Å². The van der Waals surface area contributed by atoms with Crippen LogP contribution in [0.5, 0.6) is 11.5 Å². The first kappa shape index (κ1) is 23.8. The average Bonchev–Trinajstić information content (AvgIpc) is 2.90. The number of hydrogen-bond donors (Lipinski definition) is 1. The maximum absolute atomic E-state index is 13.3. The van der Waals surface area contributed by atoms with Crippen LogP contribution < -0.4 is 14.8 Å². The highest BCUT2D eigenvalue weighted by molar-refractivity contribution is 5.95. The first-order chi connectivity index (χ1) is 16.7. The summed E-state index contributed by atoms with van der Waals surface area (Å²) in [6, 6.07) is 24.0. The van der Waals surface area contributed by atoms with Crippen molar-refractivity contribution in [2.45, 2.75) is 12.5 Å². The third-order valence-corrected chi connectivity index (χ3v) is 6.23. The van der Waals surface area contributed by atoms with E-state index < -0.39 is 0 Å². The molecule has 3 aromatic carbocycles. The number of carbonyl (C=O) groups is 1. The minimum atomic E-state index is -0.0646. The normalized spacial score (nSPS) is 14.9. The van der Waals surface area contributed by atoms with Crippen molar-refractivity contribution < 1.29 is 19.0 Å². The van der Waals surface area contributed by atoms with Crippen molar-refractivity contribution in [2.24, 2.45) is 0 Å². The van der Waals surface area contributed by atoms with Gasteiger partial charge in [-0.2, -0.15) is 0 Å². The molecule has 6 heteroatoms. The minimum absolute atomic E-state index is 0.00561. The standard InChI is InChI=1S/C28H32N2O4/c1-32-26-13-12-23(19-27(26)33-2)25(30-14-16-34-17-15-30)20-29-28(31)24-11-7-6-10-22(24)18-21-8-4-3-5-9-21/h3-13,19,25H,14-18,20H2,1-2H3,(H,29,31). The van der Waals surface area contributed by atoms with Crippen LogP contribution in [0.25, 0.3) is 0 Å². The SMILES string of the molecule is COc1ccc(C(CNC(=O)c2ccccc2Cc2ccccc2)N2CCOCC2)cc1OC. The van der Waals surface area contributed by atoms with E-state index in [0.717, 1.165) is 24.2 Å². The maximum atomic E-state index is 13.3. The fraction of sp³-hybridized carbons (Fsp3) is 0.321. The Morgan fingerprint density at radius 2 is 1.65 bits per heavy atom. The Bertz CT molecular complexity index is 1080. The number of hydrogen-bond acceptors (Lipinski definition) is 5. The summed E-state index contributed by atoms with van der Waals surface area (Å²) in [6.45, 7) is 3.45. The lowest BCUT2D eigenvalue weighted by Crippen LogP contribution is -2.44. The molecule has 34 heavy (non-hydrogen) atoms. The summed E-state index contributed by atoms with van der Waals surface area (Å²) in [5.74, 6) is 1.30. The van der Waals surface area contributed by atoms with E-state index in [0.29, 0.717) is 43.2 Å². The van der Waals surface area contributed by atoms with Crippen molar-refractivity contribution in [3.05, 3.63) is 95.1 Å². The third kappa shape index (κ3) is 5.76. The van der Waals surface area contributed by atoms with E-state index in [-0.39, 0.29) is 11.9 Å². The zero-order valence-corrected chi connectivity index (χ0v) is 19.8. The largest absolute Gasteiger partial charge is 0.493 e. The summed E-state index contributed by atoms with van der Waals surface area (Å²) < 4.78 is 16.5. The molecule has 1 fully saturated rings. The monoisotopic (exact) mass is 460 g/mol. The molecule has 1 saturated heterocycles. The van der Waals surface area contributed by atoms with Gasteiger partial charge in [-0.1, -0.05) is 54.6 Å². The van der Waals surface area contributed by atoms with Crippen molar-refractivity contribution in [1.82, 2.24) is 10.2 Å². The van der Waals surface area contributed by atoms with Crippen LogP contribution in [0.2, 0.25) is 0 Å². The molecule has 3 aromatic rings. The van der Waals surface area contributed by atoms with E-state index in [1.54, 1.807) is 14.2 Å². The molecule has 0 saturated carbocycles. The van der Waals surface area contributed by atoms with Crippen molar-refractivity contribution in [3.8, 4) is 11.5 Å².